The zero-order valence-corrected chi connectivity index (χ0v) is 14.2. The lowest BCUT2D eigenvalue weighted by Gasteiger charge is -2.10. The summed E-state index contributed by atoms with van der Waals surface area (Å²) < 4.78 is 2.16. The second-order valence-electron chi connectivity index (χ2n) is 5.58. The van der Waals surface area contributed by atoms with Crippen molar-refractivity contribution in [2.75, 3.05) is 0 Å². The Hall–Kier alpha value is -1.97. The highest BCUT2D eigenvalue weighted by molar-refractivity contribution is 6.42. The van der Waals surface area contributed by atoms with E-state index in [0.717, 1.165) is 27.7 Å². The molecule has 0 aliphatic rings. The summed E-state index contributed by atoms with van der Waals surface area (Å²) in [6, 6.07) is 10.8. The van der Waals surface area contributed by atoms with Gasteiger partial charge in [-0.05, 0) is 55.3 Å². The van der Waals surface area contributed by atoms with E-state index in [1.807, 2.05) is 32.0 Å². The molecule has 0 saturated heterocycles. The van der Waals surface area contributed by atoms with Crippen LogP contribution in [0.15, 0.2) is 36.4 Å². The Balaban J connectivity index is 2.12. The minimum Gasteiger partial charge on any atom is -0.478 e. The number of aromatic carboxylic acids is 1. The zero-order valence-electron chi connectivity index (χ0n) is 12.7. The molecule has 3 aromatic rings. The Morgan fingerprint density at radius 1 is 1.09 bits per heavy atom. The molecule has 0 aliphatic carbocycles. The van der Waals surface area contributed by atoms with Gasteiger partial charge in [-0.3, -0.25) is 0 Å². The summed E-state index contributed by atoms with van der Waals surface area (Å²) in [5.41, 5.74) is 4.54. The van der Waals surface area contributed by atoms with Gasteiger partial charge in [-0.2, -0.15) is 0 Å². The maximum atomic E-state index is 11.2. The number of halogens is 2. The van der Waals surface area contributed by atoms with E-state index >= 15 is 0 Å². The van der Waals surface area contributed by atoms with Crippen molar-refractivity contribution in [3.8, 4) is 0 Å². The molecule has 118 valence electrons. The van der Waals surface area contributed by atoms with Crippen molar-refractivity contribution in [2.45, 2.75) is 20.4 Å². The molecule has 0 bridgehead atoms. The van der Waals surface area contributed by atoms with Gasteiger partial charge >= 0.3 is 5.97 Å². The quantitative estimate of drug-likeness (QED) is 0.697. The first-order chi connectivity index (χ1) is 10.9. The zero-order chi connectivity index (χ0) is 16.7. The number of aryl methyl sites for hydroxylation is 1. The maximum Gasteiger partial charge on any atom is 0.335 e. The van der Waals surface area contributed by atoms with Gasteiger partial charge in [0.15, 0.2) is 0 Å². The predicted molar refractivity (Wildman–Crippen MR) is 93.9 cm³/mol. The van der Waals surface area contributed by atoms with Gasteiger partial charge in [0.1, 0.15) is 0 Å². The van der Waals surface area contributed by atoms with E-state index in [4.69, 9.17) is 28.3 Å². The topological polar surface area (TPSA) is 42.2 Å². The van der Waals surface area contributed by atoms with E-state index in [9.17, 15) is 4.79 Å². The number of aromatic nitrogens is 1. The third kappa shape index (κ3) is 2.82. The van der Waals surface area contributed by atoms with Crippen LogP contribution in [-0.2, 0) is 6.54 Å². The minimum atomic E-state index is -0.916. The standard InChI is InChI=1S/C18H15Cl2NO2/c1-10-11(2)21(9-12-3-5-15(19)16(20)7-12)17-6-4-13(18(22)23)8-14(10)17/h3-8H,9H2,1-2H3,(H,22,23). The van der Waals surface area contributed by atoms with E-state index in [1.165, 1.54) is 0 Å². The number of hydrogen-bond donors (Lipinski definition) is 1. The normalized spacial score (nSPS) is 11.1. The molecule has 0 radical (unpaired) electrons. The van der Waals surface area contributed by atoms with Gasteiger partial charge in [-0.25, -0.2) is 4.79 Å². The predicted octanol–water partition coefficient (Wildman–Crippen LogP) is 5.31. The molecule has 0 spiro atoms. The fraction of sp³-hybridized carbons (Fsp3) is 0.167. The van der Waals surface area contributed by atoms with Gasteiger partial charge in [0.05, 0.1) is 15.6 Å². The van der Waals surface area contributed by atoms with Gasteiger partial charge in [0.25, 0.3) is 0 Å². The van der Waals surface area contributed by atoms with Crippen molar-refractivity contribution in [3.63, 3.8) is 0 Å². The number of rotatable bonds is 3. The first-order valence-electron chi connectivity index (χ1n) is 7.15. The molecule has 0 atom stereocenters. The van der Waals surface area contributed by atoms with Crippen LogP contribution in [0.25, 0.3) is 10.9 Å². The third-order valence-electron chi connectivity index (χ3n) is 4.21. The molecule has 1 heterocycles. The number of carbonyl (C=O) groups is 1. The van der Waals surface area contributed by atoms with E-state index in [2.05, 4.69) is 4.57 Å². The number of hydrogen-bond acceptors (Lipinski definition) is 1. The first-order valence-corrected chi connectivity index (χ1v) is 7.90. The largest absolute Gasteiger partial charge is 0.478 e. The minimum absolute atomic E-state index is 0.298. The second kappa shape index (κ2) is 5.91. The molecule has 3 nitrogen and oxygen atoms in total. The van der Waals surface area contributed by atoms with Crippen LogP contribution in [0.2, 0.25) is 10.0 Å². The lowest BCUT2D eigenvalue weighted by Crippen LogP contribution is -2.02. The molecule has 23 heavy (non-hydrogen) atoms. The molecule has 2 aromatic carbocycles. The molecule has 0 aliphatic heterocycles. The monoisotopic (exact) mass is 347 g/mol. The number of benzene rings is 2. The average Bonchev–Trinajstić information content (AvgIpc) is 2.75. The Kier molecular flexibility index (Phi) is 4.09. The van der Waals surface area contributed by atoms with Crippen LogP contribution in [-0.4, -0.2) is 15.6 Å². The molecular formula is C18H15Cl2NO2. The maximum absolute atomic E-state index is 11.2. The lowest BCUT2D eigenvalue weighted by atomic mass is 10.1. The Bertz CT molecular complexity index is 928. The Morgan fingerprint density at radius 3 is 2.48 bits per heavy atom. The number of nitrogens with zero attached hydrogens (tertiary/aromatic N) is 1. The van der Waals surface area contributed by atoms with Crippen molar-refractivity contribution in [2.24, 2.45) is 0 Å². The molecule has 0 unspecified atom stereocenters. The molecule has 1 aromatic heterocycles. The van der Waals surface area contributed by atoms with Gasteiger partial charge in [-0.1, -0.05) is 29.3 Å². The summed E-state index contributed by atoms with van der Waals surface area (Å²) in [5, 5.41) is 11.2. The molecule has 1 N–H and O–H groups in total. The smallest absolute Gasteiger partial charge is 0.335 e. The van der Waals surface area contributed by atoms with Crippen LogP contribution >= 0.6 is 23.2 Å². The highest BCUT2D eigenvalue weighted by atomic mass is 35.5. The van der Waals surface area contributed by atoms with E-state index in [-0.39, 0.29) is 0 Å². The first kappa shape index (κ1) is 15.9. The molecular weight excluding hydrogens is 333 g/mol. The number of fused-ring (bicyclic) bond motifs is 1. The summed E-state index contributed by atoms with van der Waals surface area (Å²) in [6.07, 6.45) is 0. The van der Waals surface area contributed by atoms with Crippen LogP contribution in [0.5, 0.6) is 0 Å². The second-order valence-corrected chi connectivity index (χ2v) is 6.40. The summed E-state index contributed by atoms with van der Waals surface area (Å²) in [5.74, 6) is -0.916. The summed E-state index contributed by atoms with van der Waals surface area (Å²) >= 11 is 12.1. The Morgan fingerprint density at radius 2 is 1.83 bits per heavy atom. The highest BCUT2D eigenvalue weighted by Gasteiger charge is 2.14. The van der Waals surface area contributed by atoms with Crippen LogP contribution in [0, 0.1) is 13.8 Å². The molecule has 0 amide bonds. The summed E-state index contributed by atoms with van der Waals surface area (Å²) in [7, 11) is 0. The van der Waals surface area contributed by atoms with Crippen molar-refractivity contribution in [3.05, 3.63) is 68.8 Å². The molecule has 5 heteroatoms. The molecule has 0 fully saturated rings. The van der Waals surface area contributed by atoms with Crippen molar-refractivity contribution in [1.29, 1.82) is 0 Å². The third-order valence-corrected chi connectivity index (χ3v) is 4.95. The molecule has 0 saturated carbocycles. The number of carboxylic acids is 1. The van der Waals surface area contributed by atoms with Crippen LogP contribution in [0.1, 0.15) is 27.2 Å². The van der Waals surface area contributed by atoms with Crippen molar-refractivity contribution >= 4 is 40.1 Å². The lowest BCUT2D eigenvalue weighted by molar-refractivity contribution is 0.0697. The fourth-order valence-corrected chi connectivity index (χ4v) is 3.13. The Labute approximate surface area is 144 Å². The average molecular weight is 348 g/mol. The van der Waals surface area contributed by atoms with Crippen molar-refractivity contribution in [1.82, 2.24) is 4.57 Å². The van der Waals surface area contributed by atoms with Gasteiger partial charge in [0, 0.05) is 23.1 Å². The van der Waals surface area contributed by atoms with Gasteiger partial charge in [-0.15, -0.1) is 0 Å². The van der Waals surface area contributed by atoms with E-state index in [0.29, 0.717) is 22.2 Å². The molecule has 3 rings (SSSR count). The van der Waals surface area contributed by atoms with Gasteiger partial charge < -0.3 is 9.67 Å². The van der Waals surface area contributed by atoms with Crippen LogP contribution in [0.4, 0.5) is 0 Å². The fourth-order valence-electron chi connectivity index (χ4n) is 2.81. The number of carboxylic acid groups (broad SMARTS) is 1. The van der Waals surface area contributed by atoms with Crippen molar-refractivity contribution < 1.29 is 9.90 Å². The van der Waals surface area contributed by atoms with E-state index in [1.54, 1.807) is 18.2 Å². The summed E-state index contributed by atoms with van der Waals surface area (Å²) in [6.45, 7) is 4.70. The van der Waals surface area contributed by atoms with E-state index < -0.39 is 5.97 Å². The SMILES string of the molecule is Cc1c(C)n(Cc2ccc(Cl)c(Cl)c2)c2ccc(C(=O)O)cc12. The summed E-state index contributed by atoms with van der Waals surface area (Å²) in [4.78, 5) is 11.2. The van der Waals surface area contributed by atoms with Gasteiger partial charge in [0.2, 0.25) is 0 Å². The van der Waals surface area contributed by atoms with Crippen LogP contribution in [0.3, 0.4) is 0 Å². The van der Waals surface area contributed by atoms with Crippen LogP contribution < -0.4 is 0 Å². The highest BCUT2D eigenvalue weighted by Crippen LogP contribution is 2.29.